The van der Waals surface area contributed by atoms with Gasteiger partial charge < -0.3 is 9.47 Å². The molecule has 0 aromatic heterocycles. The molecule has 0 N–H and O–H groups in total. The maximum absolute atomic E-state index is 12.1. The largest absolute Gasteiger partial charge is 0.490 e. The lowest BCUT2D eigenvalue weighted by Gasteiger charge is -2.02. The Balaban J connectivity index is 2.04. The number of hydrogen-bond donors (Lipinski definition) is 0. The Morgan fingerprint density at radius 1 is 0.806 bits per heavy atom. The normalized spacial score (nSPS) is 13.2. The molecular formula is C19H18N2O8S2. The van der Waals surface area contributed by atoms with E-state index in [9.17, 15) is 28.6 Å². The summed E-state index contributed by atoms with van der Waals surface area (Å²) in [5.41, 5.74) is 0.423. The lowest BCUT2D eigenvalue weighted by molar-refractivity contribution is -0.385. The number of nitrogens with zero attached hydrogens (tertiary/aromatic N) is 2. The lowest BCUT2D eigenvalue weighted by atomic mass is 10.2. The zero-order valence-electron chi connectivity index (χ0n) is 16.5. The highest BCUT2D eigenvalue weighted by atomic mass is 32.2. The predicted molar refractivity (Wildman–Crippen MR) is 119 cm³/mol. The van der Waals surface area contributed by atoms with Gasteiger partial charge in [-0.1, -0.05) is 12.1 Å². The van der Waals surface area contributed by atoms with Gasteiger partial charge in [0, 0.05) is 22.9 Å². The fraction of sp³-hybridized carbons (Fsp3) is 0.158. The smallest absolute Gasteiger partial charge is 0.311 e. The molecule has 2 aromatic rings. The van der Waals surface area contributed by atoms with E-state index >= 15 is 0 Å². The number of methoxy groups -OCH3 is 2. The minimum atomic E-state index is -1.61. The van der Waals surface area contributed by atoms with E-state index in [4.69, 9.17) is 9.47 Å². The molecule has 0 spiro atoms. The van der Waals surface area contributed by atoms with Crippen molar-refractivity contribution in [2.45, 2.75) is 0 Å². The van der Waals surface area contributed by atoms with Gasteiger partial charge in [-0.2, -0.15) is 0 Å². The Kier molecular flexibility index (Phi) is 8.58. The average Bonchev–Trinajstić information content (AvgIpc) is 2.75. The first-order valence-corrected chi connectivity index (χ1v) is 11.3. The molecule has 0 fully saturated rings. The molecule has 0 heterocycles. The highest BCUT2D eigenvalue weighted by Gasteiger charge is 2.15. The van der Waals surface area contributed by atoms with Crippen molar-refractivity contribution >= 4 is 45.1 Å². The summed E-state index contributed by atoms with van der Waals surface area (Å²) in [6.07, 6.45) is 2.85. The molecule has 2 unspecified atom stereocenters. The molecule has 0 aliphatic rings. The average molecular weight is 466 g/mol. The summed E-state index contributed by atoms with van der Waals surface area (Å²) in [7, 11) is -0.583. The molecule has 0 bridgehead atoms. The van der Waals surface area contributed by atoms with Crippen molar-refractivity contribution in [2.24, 2.45) is 0 Å². The molecule has 2 atom stereocenters. The molecule has 164 valence electrons. The van der Waals surface area contributed by atoms with Crippen LogP contribution in [0.5, 0.6) is 11.5 Å². The van der Waals surface area contributed by atoms with Crippen LogP contribution >= 0.6 is 0 Å². The molecule has 0 aliphatic heterocycles. The number of hydrogen-bond acceptors (Lipinski definition) is 8. The standard InChI is InChI=1S/C19H18N2O8S2/c1-28-18-5-3-14(11-16(18)20(22)23)7-9-30(26)13-31(27)10-8-15-4-6-19(29-2)17(12-15)21(24)25/h3-12H,13H2,1-2H3/b9-7+,10-8+. The molecule has 12 heteroatoms. The van der Waals surface area contributed by atoms with Gasteiger partial charge in [-0.25, -0.2) is 0 Å². The van der Waals surface area contributed by atoms with Crippen LogP contribution in [0.4, 0.5) is 11.4 Å². The van der Waals surface area contributed by atoms with Gasteiger partial charge in [-0.15, -0.1) is 0 Å². The first kappa shape index (κ1) is 23.9. The van der Waals surface area contributed by atoms with Crippen molar-refractivity contribution in [2.75, 3.05) is 19.3 Å². The van der Waals surface area contributed by atoms with Crippen LogP contribution in [0.2, 0.25) is 0 Å². The van der Waals surface area contributed by atoms with E-state index in [2.05, 4.69) is 0 Å². The maximum Gasteiger partial charge on any atom is 0.311 e. The third-order valence-corrected chi connectivity index (χ3v) is 6.59. The van der Waals surface area contributed by atoms with Gasteiger partial charge in [0.2, 0.25) is 0 Å². The lowest BCUT2D eigenvalue weighted by Crippen LogP contribution is -1.99. The van der Waals surface area contributed by atoms with Crippen LogP contribution in [0.1, 0.15) is 11.1 Å². The summed E-state index contributed by atoms with van der Waals surface area (Å²) >= 11 is 0. The van der Waals surface area contributed by atoms with Gasteiger partial charge >= 0.3 is 11.4 Å². The van der Waals surface area contributed by atoms with Gasteiger partial charge in [0.05, 0.1) is 45.7 Å². The third kappa shape index (κ3) is 6.83. The zero-order chi connectivity index (χ0) is 23.0. The van der Waals surface area contributed by atoms with Crippen LogP contribution in [0.3, 0.4) is 0 Å². The van der Waals surface area contributed by atoms with Gasteiger partial charge in [0.1, 0.15) is 5.08 Å². The SMILES string of the molecule is COc1ccc(/C=C/S(=O)CS(=O)/C=C/c2ccc(OC)c([N+](=O)[O-])c2)cc1[N+](=O)[O-]. The quantitative estimate of drug-likeness (QED) is 0.382. The van der Waals surface area contributed by atoms with Crippen LogP contribution < -0.4 is 9.47 Å². The van der Waals surface area contributed by atoms with Gasteiger partial charge in [-0.3, -0.25) is 28.6 Å². The van der Waals surface area contributed by atoms with Crippen molar-refractivity contribution in [1.82, 2.24) is 0 Å². The van der Waals surface area contributed by atoms with E-state index in [0.717, 1.165) is 0 Å². The summed E-state index contributed by atoms with van der Waals surface area (Å²) < 4.78 is 34.1. The summed E-state index contributed by atoms with van der Waals surface area (Å²) in [6.45, 7) is 0. The number of nitro benzene ring substituents is 2. The Morgan fingerprint density at radius 3 is 1.52 bits per heavy atom. The van der Waals surface area contributed by atoms with Crippen molar-refractivity contribution in [3.05, 3.63) is 78.6 Å². The predicted octanol–water partition coefficient (Wildman–Crippen LogP) is 3.62. The van der Waals surface area contributed by atoms with Crippen molar-refractivity contribution in [3.8, 4) is 11.5 Å². The van der Waals surface area contributed by atoms with Crippen LogP contribution in [-0.2, 0) is 21.6 Å². The molecule has 10 nitrogen and oxygen atoms in total. The van der Waals surface area contributed by atoms with Gasteiger partial charge in [0.25, 0.3) is 0 Å². The fourth-order valence-electron chi connectivity index (χ4n) is 2.41. The van der Waals surface area contributed by atoms with E-state index < -0.39 is 31.4 Å². The van der Waals surface area contributed by atoms with E-state index in [-0.39, 0.29) is 28.0 Å². The topological polar surface area (TPSA) is 139 Å². The second-order valence-electron chi connectivity index (χ2n) is 5.86. The van der Waals surface area contributed by atoms with Crippen LogP contribution in [0, 0.1) is 20.2 Å². The minimum Gasteiger partial charge on any atom is -0.490 e. The Bertz CT molecular complexity index is 1010. The maximum atomic E-state index is 12.1. The van der Waals surface area contributed by atoms with E-state index in [1.807, 2.05) is 0 Å². The third-order valence-electron chi connectivity index (χ3n) is 3.86. The number of benzene rings is 2. The highest BCUT2D eigenvalue weighted by Crippen LogP contribution is 2.29. The minimum absolute atomic E-state index is 0.105. The Morgan fingerprint density at radius 2 is 1.19 bits per heavy atom. The summed E-state index contributed by atoms with van der Waals surface area (Å²) in [4.78, 5) is 20.9. The molecule has 2 rings (SSSR count). The van der Waals surface area contributed by atoms with Crippen LogP contribution in [0.15, 0.2) is 47.2 Å². The molecule has 0 radical (unpaired) electrons. The first-order valence-electron chi connectivity index (χ1n) is 8.50. The molecule has 31 heavy (non-hydrogen) atoms. The highest BCUT2D eigenvalue weighted by molar-refractivity contribution is 8.04. The van der Waals surface area contributed by atoms with E-state index in [1.165, 1.54) is 61.5 Å². The number of ether oxygens (including phenoxy) is 2. The van der Waals surface area contributed by atoms with Crippen LogP contribution in [-0.4, -0.2) is 37.6 Å². The van der Waals surface area contributed by atoms with Crippen molar-refractivity contribution in [3.63, 3.8) is 0 Å². The second kappa shape index (κ2) is 11.1. The first-order chi connectivity index (χ1) is 14.7. The van der Waals surface area contributed by atoms with Gasteiger partial charge in [0.15, 0.2) is 11.5 Å². The number of rotatable bonds is 10. The summed E-state index contributed by atoms with van der Waals surface area (Å²) in [6, 6.07) is 8.53. The van der Waals surface area contributed by atoms with Crippen molar-refractivity contribution < 1.29 is 27.7 Å². The van der Waals surface area contributed by atoms with E-state index in [0.29, 0.717) is 11.1 Å². The Hall–Kier alpha value is -3.38. The summed E-state index contributed by atoms with van der Waals surface area (Å²) in [5.74, 6) is 0.210. The monoisotopic (exact) mass is 466 g/mol. The van der Waals surface area contributed by atoms with E-state index in [1.54, 1.807) is 12.1 Å². The zero-order valence-corrected chi connectivity index (χ0v) is 18.1. The van der Waals surface area contributed by atoms with Crippen LogP contribution in [0.25, 0.3) is 12.2 Å². The molecular weight excluding hydrogens is 448 g/mol. The Labute approximate surface area is 182 Å². The fourth-order valence-corrected chi connectivity index (χ4v) is 4.57. The second-order valence-corrected chi connectivity index (χ2v) is 8.87. The van der Waals surface area contributed by atoms with Gasteiger partial charge in [-0.05, 0) is 35.4 Å². The molecule has 0 saturated heterocycles. The molecule has 0 amide bonds. The molecule has 2 aromatic carbocycles. The van der Waals surface area contributed by atoms with Crippen molar-refractivity contribution in [1.29, 1.82) is 0 Å². The summed E-state index contributed by atoms with van der Waals surface area (Å²) in [5, 5.41) is 24.5. The molecule has 0 aliphatic carbocycles. The number of nitro groups is 2. The molecule has 0 saturated carbocycles.